The Bertz CT molecular complexity index is 996. The van der Waals surface area contributed by atoms with E-state index in [9.17, 15) is 13.7 Å². The minimum Gasteiger partial charge on any atom is -0.455 e. The predicted molar refractivity (Wildman–Crippen MR) is 119 cm³/mol. The Morgan fingerprint density at radius 3 is 2.69 bits per heavy atom. The Balaban J connectivity index is 1.29. The monoisotopic (exact) mass is 461 g/mol. The third kappa shape index (κ3) is 4.14. The molecule has 1 N–H and O–H groups in total. The number of benzene rings is 1. The first-order chi connectivity index (χ1) is 15.5. The summed E-state index contributed by atoms with van der Waals surface area (Å²) in [5.41, 5.74) is 1.23. The quantitative estimate of drug-likeness (QED) is 0.536. The SMILES string of the molecule is CN(c1nc(N2CC(OC(=O)c3ccc(F)cc3)C2)nc2c1[S+](O)CC2)C1CCOCC1. The van der Waals surface area contributed by atoms with Crippen LogP contribution in [0.4, 0.5) is 16.2 Å². The molecule has 1 unspecified atom stereocenters. The lowest BCUT2D eigenvalue weighted by molar-refractivity contribution is 0.0231. The second-order valence-electron chi connectivity index (χ2n) is 8.34. The van der Waals surface area contributed by atoms with Gasteiger partial charge < -0.3 is 19.3 Å². The Morgan fingerprint density at radius 1 is 1.25 bits per heavy atom. The molecule has 170 valence electrons. The van der Waals surface area contributed by atoms with Gasteiger partial charge in [-0.2, -0.15) is 9.54 Å². The van der Waals surface area contributed by atoms with Crippen LogP contribution < -0.4 is 9.80 Å². The number of aryl methyl sites for hydroxylation is 1. The number of hydrogen-bond donors (Lipinski definition) is 1. The van der Waals surface area contributed by atoms with Gasteiger partial charge in [0.05, 0.1) is 18.7 Å². The first kappa shape index (κ1) is 21.4. The van der Waals surface area contributed by atoms with Gasteiger partial charge in [0.1, 0.15) is 17.6 Å². The lowest BCUT2D eigenvalue weighted by Crippen LogP contribution is -2.54. The van der Waals surface area contributed by atoms with Gasteiger partial charge in [-0.05, 0) is 37.1 Å². The number of anilines is 2. The fourth-order valence-electron chi connectivity index (χ4n) is 4.28. The molecule has 0 radical (unpaired) electrons. The number of carbonyl (C=O) groups is 1. The summed E-state index contributed by atoms with van der Waals surface area (Å²) < 4.78 is 34.7. The Labute approximate surface area is 188 Å². The molecule has 5 rings (SSSR count). The van der Waals surface area contributed by atoms with Crippen molar-refractivity contribution in [2.45, 2.75) is 36.3 Å². The Kier molecular flexibility index (Phi) is 5.92. The topological polar surface area (TPSA) is 88.0 Å². The number of hydrogen-bond acceptors (Lipinski definition) is 8. The van der Waals surface area contributed by atoms with Crippen molar-refractivity contribution in [3.63, 3.8) is 0 Å². The Morgan fingerprint density at radius 2 is 1.97 bits per heavy atom. The van der Waals surface area contributed by atoms with Gasteiger partial charge >= 0.3 is 5.97 Å². The zero-order chi connectivity index (χ0) is 22.2. The lowest BCUT2D eigenvalue weighted by Gasteiger charge is -2.39. The highest BCUT2D eigenvalue weighted by atomic mass is 32.2. The summed E-state index contributed by atoms with van der Waals surface area (Å²) in [7, 11) is 2.03. The highest BCUT2D eigenvalue weighted by Crippen LogP contribution is 2.36. The van der Waals surface area contributed by atoms with Gasteiger partial charge in [0, 0.05) is 32.7 Å². The van der Waals surface area contributed by atoms with Gasteiger partial charge in [-0.1, -0.05) is 0 Å². The van der Waals surface area contributed by atoms with Gasteiger partial charge in [0.15, 0.2) is 22.7 Å². The van der Waals surface area contributed by atoms with Crippen LogP contribution in [0.1, 0.15) is 28.9 Å². The molecule has 4 heterocycles. The van der Waals surface area contributed by atoms with Crippen molar-refractivity contribution < 1.29 is 23.2 Å². The number of aromatic nitrogens is 2. The molecule has 2 aromatic rings. The van der Waals surface area contributed by atoms with Crippen LogP contribution in [0.25, 0.3) is 0 Å². The fraction of sp³-hybridized carbons (Fsp3) is 0.500. The average molecular weight is 462 g/mol. The highest BCUT2D eigenvalue weighted by molar-refractivity contribution is 7.92. The van der Waals surface area contributed by atoms with E-state index < -0.39 is 23.0 Å². The summed E-state index contributed by atoms with van der Waals surface area (Å²) >= 11 is -0.840. The van der Waals surface area contributed by atoms with Crippen molar-refractivity contribution in [2.75, 3.05) is 48.9 Å². The third-order valence-electron chi connectivity index (χ3n) is 6.23. The van der Waals surface area contributed by atoms with Crippen LogP contribution in [0.3, 0.4) is 0 Å². The molecule has 1 aromatic heterocycles. The number of esters is 1. The van der Waals surface area contributed by atoms with E-state index in [1.165, 1.54) is 24.3 Å². The standard InChI is InChI=1S/C22H26FN4O4S/c1-26(16-6-9-30-10-7-16)20-19-18(8-11-32(19)29)24-22(25-20)27-12-17(13-27)31-21(28)14-2-4-15(23)5-3-14/h2-5,16-17,29H,6-13H2,1H3/q+1. The maximum Gasteiger partial charge on any atom is 0.338 e. The van der Waals surface area contributed by atoms with Crippen molar-refractivity contribution in [2.24, 2.45) is 0 Å². The van der Waals surface area contributed by atoms with E-state index in [1.54, 1.807) is 0 Å². The molecule has 2 fully saturated rings. The molecular formula is C22H26FN4O4S+. The molecule has 10 heteroatoms. The van der Waals surface area contributed by atoms with Crippen LogP contribution in [-0.4, -0.2) is 71.7 Å². The van der Waals surface area contributed by atoms with Crippen LogP contribution in [0, 0.1) is 5.82 Å². The number of nitrogens with zero attached hydrogens (tertiary/aromatic N) is 4. The molecular weight excluding hydrogens is 435 g/mol. The predicted octanol–water partition coefficient (Wildman–Crippen LogP) is 2.28. The summed E-state index contributed by atoms with van der Waals surface area (Å²) in [6.45, 7) is 2.45. The summed E-state index contributed by atoms with van der Waals surface area (Å²) in [4.78, 5) is 26.8. The lowest BCUT2D eigenvalue weighted by atomic mass is 10.1. The maximum absolute atomic E-state index is 13.1. The third-order valence-corrected chi connectivity index (χ3v) is 7.71. The molecule has 3 aliphatic rings. The molecule has 8 nitrogen and oxygen atoms in total. The zero-order valence-electron chi connectivity index (χ0n) is 17.9. The van der Waals surface area contributed by atoms with Crippen LogP contribution in [0.15, 0.2) is 29.2 Å². The molecule has 0 aliphatic carbocycles. The van der Waals surface area contributed by atoms with E-state index in [0.29, 0.717) is 36.4 Å². The van der Waals surface area contributed by atoms with Crippen LogP contribution in [0.2, 0.25) is 0 Å². The second kappa shape index (κ2) is 8.84. The van der Waals surface area contributed by atoms with Crippen LogP contribution in [0.5, 0.6) is 0 Å². The van der Waals surface area contributed by atoms with E-state index in [1.807, 2.05) is 11.9 Å². The number of halogens is 1. The first-order valence-corrected chi connectivity index (χ1v) is 12.2. The van der Waals surface area contributed by atoms with Gasteiger partial charge in [0.25, 0.3) is 4.90 Å². The average Bonchev–Trinajstić information content (AvgIpc) is 3.16. The summed E-state index contributed by atoms with van der Waals surface area (Å²) in [6, 6.07) is 5.64. The summed E-state index contributed by atoms with van der Waals surface area (Å²) in [5, 5.41) is 0. The molecule has 0 saturated carbocycles. The molecule has 0 bridgehead atoms. The molecule has 3 aliphatic heterocycles. The smallest absolute Gasteiger partial charge is 0.338 e. The zero-order valence-corrected chi connectivity index (χ0v) is 18.7. The van der Waals surface area contributed by atoms with E-state index in [-0.39, 0.29) is 6.10 Å². The van der Waals surface area contributed by atoms with Crippen molar-refractivity contribution in [3.05, 3.63) is 41.3 Å². The van der Waals surface area contributed by atoms with Crippen molar-refractivity contribution in [1.29, 1.82) is 0 Å². The van der Waals surface area contributed by atoms with Crippen molar-refractivity contribution >= 4 is 28.9 Å². The van der Waals surface area contributed by atoms with Crippen LogP contribution in [-0.2, 0) is 27.1 Å². The van der Waals surface area contributed by atoms with E-state index >= 15 is 0 Å². The number of ether oxygens (including phenoxy) is 2. The van der Waals surface area contributed by atoms with Gasteiger partial charge in [-0.3, -0.25) is 0 Å². The van der Waals surface area contributed by atoms with Crippen LogP contribution >= 0.6 is 0 Å². The molecule has 0 spiro atoms. The van der Waals surface area contributed by atoms with E-state index in [4.69, 9.17) is 19.4 Å². The number of fused-ring (bicyclic) bond motifs is 1. The molecule has 0 amide bonds. The van der Waals surface area contributed by atoms with Crippen molar-refractivity contribution in [1.82, 2.24) is 9.97 Å². The molecule has 32 heavy (non-hydrogen) atoms. The highest BCUT2D eigenvalue weighted by Gasteiger charge is 2.42. The van der Waals surface area contributed by atoms with E-state index in [0.717, 1.165) is 48.9 Å². The second-order valence-corrected chi connectivity index (χ2v) is 9.88. The first-order valence-electron chi connectivity index (χ1n) is 10.8. The summed E-state index contributed by atoms with van der Waals surface area (Å²) in [5.74, 6) is 1.23. The molecule has 1 atom stereocenters. The Hall–Kier alpha value is -2.43. The fourth-order valence-corrected chi connectivity index (χ4v) is 5.70. The van der Waals surface area contributed by atoms with E-state index in [2.05, 4.69) is 4.90 Å². The normalized spacial score (nSPS) is 21.2. The number of carbonyl (C=O) groups excluding carboxylic acids is 1. The largest absolute Gasteiger partial charge is 0.455 e. The minimum atomic E-state index is -0.840. The summed E-state index contributed by atoms with van der Waals surface area (Å²) in [6.07, 6.45) is 2.31. The molecule has 1 aromatic carbocycles. The van der Waals surface area contributed by atoms with Gasteiger partial charge in [-0.15, -0.1) is 0 Å². The van der Waals surface area contributed by atoms with Gasteiger partial charge in [-0.25, -0.2) is 14.2 Å². The van der Waals surface area contributed by atoms with Gasteiger partial charge in [0.2, 0.25) is 5.95 Å². The minimum absolute atomic E-state index is 0.270. The number of rotatable bonds is 5. The maximum atomic E-state index is 13.1. The van der Waals surface area contributed by atoms with Crippen molar-refractivity contribution in [3.8, 4) is 0 Å². The molecule has 2 saturated heterocycles.